The zero-order valence-electron chi connectivity index (χ0n) is 20.5. The molecule has 1 fully saturated rings. The predicted octanol–water partition coefficient (Wildman–Crippen LogP) is 4.15. The van der Waals surface area contributed by atoms with E-state index in [0.29, 0.717) is 39.4 Å². The monoisotopic (exact) mass is 503 g/mol. The highest BCUT2D eigenvalue weighted by Gasteiger charge is 2.22. The highest BCUT2D eigenvalue weighted by atomic mass is 32.1. The predicted molar refractivity (Wildman–Crippen MR) is 144 cm³/mol. The summed E-state index contributed by atoms with van der Waals surface area (Å²) in [4.78, 5) is 33.8. The van der Waals surface area contributed by atoms with Gasteiger partial charge in [0.25, 0.3) is 0 Å². The average Bonchev–Trinajstić information content (AvgIpc) is 3.44. The van der Waals surface area contributed by atoms with Crippen molar-refractivity contribution in [3.8, 4) is 0 Å². The van der Waals surface area contributed by atoms with Gasteiger partial charge in [-0.25, -0.2) is 0 Å². The van der Waals surface area contributed by atoms with Crippen LogP contribution in [0.25, 0.3) is 6.08 Å². The summed E-state index contributed by atoms with van der Waals surface area (Å²) in [6.45, 7) is 5.36. The van der Waals surface area contributed by atoms with E-state index >= 15 is 0 Å². The van der Waals surface area contributed by atoms with Gasteiger partial charge < -0.3 is 14.5 Å². The number of morpholine rings is 1. The molecule has 36 heavy (non-hydrogen) atoms. The molecule has 7 heteroatoms. The number of amides is 2. The summed E-state index contributed by atoms with van der Waals surface area (Å²) in [5.41, 5.74) is 2.02. The van der Waals surface area contributed by atoms with Crippen LogP contribution in [0.1, 0.15) is 16.0 Å². The lowest BCUT2D eigenvalue weighted by Crippen LogP contribution is -2.46. The van der Waals surface area contributed by atoms with Crippen LogP contribution in [0.2, 0.25) is 0 Å². The second-order valence-corrected chi connectivity index (χ2v) is 9.80. The maximum atomic E-state index is 13.6. The summed E-state index contributed by atoms with van der Waals surface area (Å²) in [7, 11) is 0. The van der Waals surface area contributed by atoms with E-state index in [4.69, 9.17) is 4.74 Å². The van der Waals surface area contributed by atoms with Crippen molar-refractivity contribution in [1.82, 2.24) is 14.7 Å². The van der Waals surface area contributed by atoms with Crippen LogP contribution >= 0.6 is 11.3 Å². The van der Waals surface area contributed by atoms with E-state index in [2.05, 4.69) is 4.90 Å². The van der Waals surface area contributed by atoms with E-state index < -0.39 is 0 Å². The topological polar surface area (TPSA) is 53.1 Å². The van der Waals surface area contributed by atoms with Gasteiger partial charge in [0, 0.05) is 43.7 Å². The normalized spacial score (nSPS) is 14.1. The minimum absolute atomic E-state index is 0.0422. The fourth-order valence-corrected chi connectivity index (χ4v) is 4.80. The van der Waals surface area contributed by atoms with Gasteiger partial charge in [-0.1, -0.05) is 66.7 Å². The van der Waals surface area contributed by atoms with E-state index in [1.807, 2.05) is 89.2 Å². The highest BCUT2D eigenvalue weighted by Crippen LogP contribution is 2.15. The van der Waals surface area contributed by atoms with E-state index in [0.717, 1.165) is 29.1 Å². The van der Waals surface area contributed by atoms with Crippen LogP contribution in [-0.4, -0.2) is 72.5 Å². The lowest BCUT2D eigenvalue weighted by atomic mass is 10.2. The molecule has 2 heterocycles. The van der Waals surface area contributed by atoms with Crippen molar-refractivity contribution in [2.75, 3.05) is 45.9 Å². The molecule has 0 bridgehead atoms. The third kappa shape index (κ3) is 8.16. The molecule has 2 aromatic carbocycles. The lowest BCUT2D eigenvalue weighted by Gasteiger charge is -2.31. The summed E-state index contributed by atoms with van der Waals surface area (Å²) in [6.07, 6.45) is 3.38. The second-order valence-electron chi connectivity index (χ2n) is 8.77. The summed E-state index contributed by atoms with van der Waals surface area (Å²) < 4.78 is 5.45. The van der Waals surface area contributed by atoms with Crippen LogP contribution in [0.5, 0.6) is 0 Å². The molecule has 1 aliphatic rings. The summed E-state index contributed by atoms with van der Waals surface area (Å²) >= 11 is 1.64. The van der Waals surface area contributed by atoms with Crippen molar-refractivity contribution < 1.29 is 14.3 Å². The first kappa shape index (κ1) is 25.8. The lowest BCUT2D eigenvalue weighted by molar-refractivity contribution is -0.139. The fourth-order valence-electron chi connectivity index (χ4n) is 4.08. The Morgan fingerprint density at radius 3 is 2.31 bits per heavy atom. The maximum Gasteiger partial charge on any atom is 0.247 e. The van der Waals surface area contributed by atoms with E-state index in [9.17, 15) is 9.59 Å². The van der Waals surface area contributed by atoms with E-state index in [1.165, 1.54) is 0 Å². The quantitative estimate of drug-likeness (QED) is 0.369. The van der Waals surface area contributed by atoms with Gasteiger partial charge >= 0.3 is 0 Å². The van der Waals surface area contributed by atoms with Crippen LogP contribution in [0.15, 0.2) is 84.3 Å². The Hall–Kier alpha value is -3.26. The van der Waals surface area contributed by atoms with Gasteiger partial charge in [0.15, 0.2) is 0 Å². The van der Waals surface area contributed by atoms with Crippen molar-refractivity contribution in [1.29, 1.82) is 0 Å². The zero-order chi connectivity index (χ0) is 25.0. The minimum Gasteiger partial charge on any atom is -0.379 e. The Labute approximate surface area is 217 Å². The van der Waals surface area contributed by atoms with Gasteiger partial charge in [0.2, 0.25) is 11.8 Å². The Balaban J connectivity index is 1.47. The first-order valence-electron chi connectivity index (χ1n) is 12.3. The number of carbonyl (C=O) groups excluding carboxylic acids is 2. The molecule has 1 saturated heterocycles. The molecule has 1 aromatic heterocycles. The Morgan fingerprint density at radius 1 is 0.889 bits per heavy atom. The Kier molecular flexibility index (Phi) is 9.85. The molecule has 4 rings (SSSR count). The first-order valence-corrected chi connectivity index (χ1v) is 13.2. The highest BCUT2D eigenvalue weighted by molar-refractivity contribution is 7.09. The third-order valence-electron chi connectivity index (χ3n) is 6.14. The summed E-state index contributed by atoms with van der Waals surface area (Å²) in [5.74, 6) is -0.216. The van der Waals surface area contributed by atoms with Crippen molar-refractivity contribution in [3.63, 3.8) is 0 Å². The smallest absolute Gasteiger partial charge is 0.247 e. The third-order valence-corrected chi connectivity index (χ3v) is 7.00. The van der Waals surface area contributed by atoms with Gasteiger partial charge in [0.1, 0.15) is 6.54 Å². The summed E-state index contributed by atoms with van der Waals surface area (Å²) in [5, 5.41) is 2.02. The molecule has 0 N–H and O–H groups in total. The molecule has 1 aliphatic heterocycles. The van der Waals surface area contributed by atoms with E-state index in [-0.39, 0.29) is 18.4 Å². The number of thiophene rings is 1. The molecule has 0 unspecified atom stereocenters. The number of benzene rings is 2. The van der Waals surface area contributed by atoms with Crippen LogP contribution < -0.4 is 0 Å². The van der Waals surface area contributed by atoms with Gasteiger partial charge in [-0.15, -0.1) is 11.3 Å². The summed E-state index contributed by atoms with van der Waals surface area (Å²) in [6, 6.07) is 23.8. The van der Waals surface area contributed by atoms with Crippen LogP contribution in [0.4, 0.5) is 0 Å². The molecule has 0 spiro atoms. The molecule has 0 atom stereocenters. The molecule has 188 valence electrons. The number of nitrogens with zero attached hydrogens (tertiary/aromatic N) is 3. The van der Waals surface area contributed by atoms with Crippen molar-refractivity contribution in [2.45, 2.75) is 13.1 Å². The van der Waals surface area contributed by atoms with Crippen molar-refractivity contribution in [3.05, 3.63) is 100 Å². The molecule has 3 aromatic rings. The molecule has 0 saturated carbocycles. The molecular weight excluding hydrogens is 470 g/mol. The Bertz CT molecular complexity index is 1100. The number of hydrogen-bond donors (Lipinski definition) is 0. The fraction of sp³-hybridized carbons (Fsp3) is 0.310. The number of rotatable bonds is 11. The molecule has 2 amide bonds. The molecule has 0 aliphatic carbocycles. The standard InChI is InChI=1S/C29H33N3O3S/c33-28(14-13-25-8-3-1-4-9-25)31(16-15-30-17-19-35-20-18-30)24-29(34)32(23-27-12-7-21-36-27)22-26-10-5-2-6-11-26/h1-14,21H,15-20,22-24H2/b14-13+. The van der Waals surface area contributed by atoms with Gasteiger partial charge in [-0.2, -0.15) is 0 Å². The molecule has 6 nitrogen and oxygen atoms in total. The van der Waals surface area contributed by atoms with Crippen LogP contribution in [-0.2, 0) is 27.4 Å². The number of hydrogen-bond acceptors (Lipinski definition) is 5. The average molecular weight is 504 g/mol. The minimum atomic E-state index is -0.156. The number of ether oxygens (including phenoxy) is 1. The molecule has 0 radical (unpaired) electrons. The van der Waals surface area contributed by atoms with Crippen molar-refractivity contribution in [2.24, 2.45) is 0 Å². The van der Waals surface area contributed by atoms with Gasteiger partial charge in [-0.05, 0) is 28.6 Å². The maximum absolute atomic E-state index is 13.6. The largest absolute Gasteiger partial charge is 0.379 e. The number of carbonyl (C=O) groups is 2. The van der Waals surface area contributed by atoms with Crippen LogP contribution in [0, 0.1) is 0 Å². The second kappa shape index (κ2) is 13.7. The van der Waals surface area contributed by atoms with Crippen LogP contribution in [0.3, 0.4) is 0 Å². The Morgan fingerprint density at radius 2 is 1.61 bits per heavy atom. The first-order chi connectivity index (χ1) is 17.7. The molecular formula is C29H33N3O3S. The van der Waals surface area contributed by atoms with Gasteiger partial charge in [0.05, 0.1) is 19.8 Å². The van der Waals surface area contributed by atoms with Gasteiger partial charge in [-0.3, -0.25) is 14.5 Å². The zero-order valence-corrected chi connectivity index (χ0v) is 21.3. The SMILES string of the molecule is O=C(/C=C/c1ccccc1)N(CCN1CCOCC1)CC(=O)N(Cc1ccccc1)Cc1cccs1. The van der Waals surface area contributed by atoms with E-state index in [1.54, 1.807) is 22.3 Å². The van der Waals surface area contributed by atoms with Crippen molar-refractivity contribution >= 4 is 29.2 Å².